The zero-order valence-corrected chi connectivity index (χ0v) is 13.5. The van der Waals surface area contributed by atoms with Gasteiger partial charge in [-0.15, -0.1) is 11.8 Å². The van der Waals surface area contributed by atoms with E-state index in [4.69, 9.17) is 0 Å². The molecule has 1 heterocycles. The fourth-order valence-electron chi connectivity index (χ4n) is 2.02. The van der Waals surface area contributed by atoms with Crippen LogP contribution in [0.15, 0.2) is 47.6 Å². The summed E-state index contributed by atoms with van der Waals surface area (Å²) >= 11 is 1.49. The number of carbonyl (C=O) groups is 1. The molecule has 0 fully saturated rings. The monoisotopic (exact) mass is 301 g/mol. The van der Waals surface area contributed by atoms with E-state index in [-0.39, 0.29) is 5.78 Å². The van der Waals surface area contributed by atoms with Gasteiger partial charge in [-0.2, -0.15) is 5.10 Å². The standard InChI is InChI=1S/C16H19N3OS/c1-12-15(14(20)10-11-18(2)3)16(21-4)17-19(12)13-8-6-5-7-9-13/h5-11H,1-4H3/b11-10+. The third-order valence-electron chi connectivity index (χ3n) is 3.05. The number of thioether (sulfide) groups is 1. The molecule has 0 N–H and O–H groups in total. The molecule has 0 amide bonds. The van der Waals surface area contributed by atoms with Crippen LogP contribution in [0.25, 0.3) is 5.69 Å². The zero-order chi connectivity index (χ0) is 15.4. The lowest BCUT2D eigenvalue weighted by atomic mass is 10.1. The lowest BCUT2D eigenvalue weighted by Crippen LogP contribution is -2.05. The fourth-order valence-corrected chi connectivity index (χ4v) is 2.64. The molecule has 2 aromatic rings. The Kier molecular flexibility index (Phi) is 4.85. The highest BCUT2D eigenvalue weighted by Crippen LogP contribution is 2.25. The maximum Gasteiger partial charge on any atom is 0.191 e. The molecule has 0 aliphatic heterocycles. The van der Waals surface area contributed by atoms with E-state index in [2.05, 4.69) is 5.10 Å². The molecule has 1 aromatic carbocycles. The van der Waals surface area contributed by atoms with E-state index in [1.807, 2.05) is 67.2 Å². The smallest absolute Gasteiger partial charge is 0.191 e. The third-order valence-corrected chi connectivity index (χ3v) is 3.72. The second-order valence-electron chi connectivity index (χ2n) is 4.86. The summed E-state index contributed by atoms with van der Waals surface area (Å²) in [4.78, 5) is 14.3. The van der Waals surface area contributed by atoms with Crippen molar-refractivity contribution < 1.29 is 4.79 Å². The molecule has 0 unspecified atom stereocenters. The predicted octanol–water partition coefficient (Wildman–Crippen LogP) is 3.16. The van der Waals surface area contributed by atoms with Gasteiger partial charge in [0.15, 0.2) is 5.78 Å². The normalized spacial score (nSPS) is 11.0. The first kappa shape index (κ1) is 15.4. The molecule has 0 aliphatic rings. The molecule has 4 nitrogen and oxygen atoms in total. The molecular formula is C16H19N3OS. The van der Waals surface area contributed by atoms with Gasteiger partial charge in [-0.1, -0.05) is 18.2 Å². The molecule has 0 radical (unpaired) electrons. The number of benzene rings is 1. The van der Waals surface area contributed by atoms with Crippen LogP contribution in [0, 0.1) is 6.92 Å². The number of aromatic nitrogens is 2. The quantitative estimate of drug-likeness (QED) is 0.483. The third kappa shape index (κ3) is 3.36. The average Bonchev–Trinajstić information content (AvgIpc) is 2.82. The van der Waals surface area contributed by atoms with Gasteiger partial charge in [0.2, 0.25) is 0 Å². The molecule has 0 saturated heterocycles. The molecule has 5 heteroatoms. The van der Waals surface area contributed by atoms with Crippen LogP contribution in [0.2, 0.25) is 0 Å². The first-order valence-corrected chi connectivity index (χ1v) is 7.85. The topological polar surface area (TPSA) is 38.1 Å². The van der Waals surface area contributed by atoms with Crippen LogP contribution < -0.4 is 0 Å². The Bertz CT molecular complexity index is 660. The number of ketones is 1. The largest absolute Gasteiger partial charge is 0.383 e. The van der Waals surface area contributed by atoms with E-state index in [1.165, 1.54) is 11.8 Å². The van der Waals surface area contributed by atoms with Gasteiger partial charge in [0.05, 0.1) is 16.9 Å². The summed E-state index contributed by atoms with van der Waals surface area (Å²) in [6.07, 6.45) is 5.27. The molecule has 110 valence electrons. The summed E-state index contributed by atoms with van der Waals surface area (Å²) in [5.41, 5.74) is 2.49. The molecule has 1 aromatic heterocycles. The molecular weight excluding hydrogens is 282 g/mol. The Balaban J connectivity index is 2.47. The number of hydrogen-bond acceptors (Lipinski definition) is 4. The molecule has 0 atom stereocenters. The maximum atomic E-state index is 12.4. The van der Waals surface area contributed by atoms with Crippen LogP contribution in [0.1, 0.15) is 16.1 Å². The number of rotatable bonds is 5. The van der Waals surface area contributed by atoms with Crippen molar-refractivity contribution in [1.82, 2.24) is 14.7 Å². The minimum Gasteiger partial charge on any atom is -0.383 e. The zero-order valence-electron chi connectivity index (χ0n) is 12.7. The summed E-state index contributed by atoms with van der Waals surface area (Å²) in [5, 5.41) is 5.31. The van der Waals surface area contributed by atoms with Gasteiger partial charge in [0, 0.05) is 26.4 Å². The van der Waals surface area contributed by atoms with E-state index in [0.717, 1.165) is 16.4 Å². The van der Waals surface area contributed by atoms with Gasteiger partial charge in [-0.3, -0.25) is 4.79 Å². The lowest BCUT2D eigenvalue weighted by Gasteiger charge is -2.04. The van der Waals surface area contributed by atoms with Crippen molar-refractivity contribution in [2.45, 2.75) is 11.9 Å². The van der Waals surface area contributed by atoms with Crippen LogP contribution in [-0.4, -0.2) is 40.8 Å². The average molecular weight is 301 g/mol. The van der Waals surface area contributed by atoms with Crippen LogP contribution in [0.4, 0.5) is 0 Å². The van der Waals surface area contributed by atoms with Gasteiger partial charge >= 0.3 is 0 Å². The van der Waals surface area contributed by atoms with Crippen molar-refractivity contribution in [3.05, 3.63) is 53.9 Å². The van der Waals surface area contributed by atoms with Gasteiger partial charge in [-0.25, -0.2) is 4.68 Å². The molecule has 0 spiro atoms. The Morgan fingerprint density at radius 1 is 1.29 bits per heavy atom. The minimum absolute atomic E-state index is 0.0206. The fraction of sp³-hybridized carbons (Fsp3) is 0.250. The predicted molar refractivity (Wildman–Crippen MR) is 87.2 cm³/mol. The number of nitrogens with zero attached hydrogens (tertiary/aromatic N) is 3. The van der Waals surface area contributed by atoms with Gasteiger partial charge in [0.25, 0.3) is 0 Å². The number of allylic oxidation sites excluding steroid dienone is 1. The van der Waals surface area contributed by atoms with E-state index in [0.29, 0.717) is 5.56 Å². The van der Waals surface area contributed by atoms with Crippen molar-refractivity contribution >= 4 is 17.5 Å². The molecule has 0 aliphatic carbocycles. The van der Waals surface area contributed by atoms with Crippen LogP contribution >= 0.6 is 11.8 Å². The summed E-state index contributed by atoms with van der Waals surface area (Å²) in [7, 11) is 3.78. The Morgan fingerprint density at radius 2 is 1.95 bits per heavy atom. The van der Waals surface area contributed by atoms with E-state index < -0.39 is 0 Å². The molecule has 0 saturated carbocycles. The number of para-hydroxylation sites is 1. The highest BCUT2D eigenvalue weighted by atomic mass is 32.2. The SMILES string of the molecule is CSc1nn(-c2ccccc2)c(C)c1C(=O)/C=C/N(C)C. The van der Waals surface area contributed by atoms with E-state index >= 15 is 0 Å². The van der Waals surface area contributed by atoms with Gasteiger partial charge < -0.3 is 4.90 Å². The Morgan fingerprint density at radius 3 is 2.52 bits per heavy atom. The second-order valence-corrected chi connectivity index (χ2v) is 5.66. The van der Waals surface area contributed by atoms with Crippen LogP contribution in [0.5, 0.6) is 0 Å². The molecule has 21 heavy (non-hydrogen) atoms. The number of carbonyl (C=O) groups excluding carboxylic acids is 1. The van der Waals surface area contributed by atoms with Crippen LogP contribution in [0.3, 0.4) is 0 Å². The first-order valence-electron chi connectivity index (χ1n) is 6.62. The van der Waals surface area contributed by atoms with E-state index in [1.54, 1.807) is 12.3 Å². The summed E-state index contributed by atoms with van der Waals surface area (Å²) < 4.78 is 1.82. The second kappa shape index (κ2) is 6.63. The summed E-state index contributed by atoms with van der Waals surface area (Å²) in [6.45, 7) is 1.93. The van der Waals surface area contributed by atoms with Crippen molar-refractivity contribution in [2.75, 3.05) is 20.4 Å². The highest BCUT2D eigenvalue weighted by Gasteiger charge is 2.19. The van der Waals surface area contributed by atoms with Crippen molar-refractivity contribution in [3.63, 3.8) is 0 Å². The van der Waals surface area contributed by atoms with Crippen molar-refractivity contribution in [3.8, 4) is 5.69 Å². The molecule has 2 rings (SSSR count). The van der Waals surface area contributed by atoms with Crippen molar-refractivity contribution in [2.24, 2.45) is 0 Å². The number of hydrogen-bond donors (Lipinski definition) is 0. The summed E-state index contributed by atoms with van der Waals surface area (Å²) in [6, 6.07) is 9.84. The van der Waals surface area contributed by atoms with Crippen molar-refractivity contribution in [1.29, 1.82) is 0 Å². The molecule has 0 bridgehead atoms. The van der Waals surface area contributed by atoms with Gasteiger partial charge in [-0.05, 0) is 25.3 Å². The first-order chi connectivity index (χ1) is 10.0. The lowest BCUT2D eigenvalue weighted by molar-refractivity contribution is 0.104. The Hall–Kier alpha value is -2.01. The van der Waals surface area contributed by atoms with Gasteiger partial charge in [0.1, 0.15) is 5.03 Å². The van der Waals surface area contributed by atoms with E-state index in [9.17, 15) is 4.79 Å². The van der Waals surface area contributed by atoms with Crippen LogP contribution in [-0.2, 0) is 0 Å². The maximum absolute atomic E-state index is 12.4. The Labute approximate surface area is 129 Å². The summed E-state index contributed by atoms with van der Waals surface area (Å²) in [5.74, 6) is -0.0206. The minimum atomic E-state index is -0.0206. The highest BCUT2D eigenvalue weighted by molar-refractivity contribution is 7.98.